The van der Waals surface area contributed by atoms with Gasteiger partial charge in [-0.3, -0.25) is 0 Å². The Bertz CT molecular complexity index is 1230. The number of hydrogen-bond donors (Lipinski definition) is 2. The third-order valence-electron chi connectivity index (χ3n) is 4.01. The first-order valence-electron chi connectivity index (χ1n) is 8.89. The number of nitriles is 1. The molecule has 0 aliphatic heterocycles. The van der Waals surface area contributed by atoms with E-state index >= 15 is 0 Å². The number of aryl methyl sites for hydroxylation is 1. The van der Waals surface area contributed by atoms with Crippen LogP contribution < -0.4 is 19.9 Å². The summed E-state index contributed by atoms with van der Waals surface area (Å²) in [5.74, 6) is 1.36. The van der Waals surface area contributed by atoms with Gasteiger partial charge in [-0.25, -0.2) is 23.5 Å². The van der Waals surface area contributed by atoms with Gasteiger partial charge in [-0.2, -0.15) is 5.26 Å². The molecule has 1 heterocycles. The third kappa shape index (κ3) is 5.85. The van der Waals surface area contributed by atoms with Gasteiger partial charge < -0.3 is 14.8 Å². The third-order valence-corrected chi connectivity index (χ3v) is 6.03. The number of nitrogens with zero attached hydrogens (tertiary/aromatic N) is 3. The Morgan fingerprint density at radius 3 is 2.58 bits per heavy atom. The van der Waals surface area contributed by atoms with E-state index in [4.69, 9.17) is 19.9 Å². The summed E-state index contributed by atoms with van der Waals surface area (Å²) < 4.78 is 33.4. The van der Waals surface area contributed by atoms with Crippen molar-refractivity contribution in [3.63, 3.8) is 0 Å². The van der Waals surface area contributed by atoms with Crippen molar-refractivity contribution in [3.8, 4) is 17.6 Å². The van der Waals surface area contributed by atoms with E-state index in [1.165, 1.54) is 31.0 Å². The van der Waals surface area contributed by atoms with Crippen LogP contribution in [0.4, 0.5) is 11.6 Å². The number of sulfonamides is 1. The first kappa shape index (κ1) is 22.4. The number of aromatic nitrogens is 2. The molecule has 0 spiro atoms. The van der Waals surface area contributed by atoms with E-state index in [9.17, 15) is 8.42 Å². The second-order valence-electron chi connectivity index (χ2n) is 6.24. The SMILES string of the molecule is COc1cc(Sc2nc(Nc3ccc(S(N)(=O)=O)cc3)ncc2C)ccc1OCC#N. The molecule has 0 saturated heterocycles. The fraction of sp³-hybridized carbons (Fsp3) is 0.150. The number of methoxy groups -OCH3 is 1. The fourth-order valence-electron chi connectivity index (χ4n) is 2.50. The fourth-order valence-corrected chi connectivity index (χ4v) is 3.89. The Labute approximate surface area is 184 Å². The largest absolute Gasteiger partial charge is 0.493 e. The molecule has 9 nitrogen and oxygen atoms in total. The Morgan fingerprint density at radius 2 is 1.94 bits per heavy atom. The minimum atomic E-state index is -3.75. The van der Waals surface area contributed by atoms with Crippen LogP contribution >= 0.6 is 11.8 Å². The quantitative estimate of drug-likeness (QED) is 0.488. The Kier molecular flexibility index (Phi) is 6.96. The minimum absolute atomic E-state index is 0.0234. The number of benzene rings is 2. The van der Waals surface area contributed by atoms with Crippen LogP contribution in [0.5, 0.6) is 11.5 Å². The van der Waals surface area contributed by atoms with Gasteiger partial charge in [0.15, 0.2) is 18.1 Å². The molecule has 31 heavy (non-hydrogen) atoms. The van der Waals surface area contributed by atoms with Gasteiger partial charge in [0, 0.05) is 22.3 Å². The van der Waals surface area contributed by atoms with Crippen LogP contribution in [0.3, 0.4) is 0 Å². The average Bonchev–Trinajstić information content (AvgIpc) is 2.75. The topological polar surface area (TPSA) is 140 Å². The van der Waals surface area contributed by atoms with Gasteiger partial charge in [0.1, 0.15) is 11.1 Å². The van der Waals surface area contributed by atoms with Gasteiger partial charge in [-0.1, -0.05) is 11.8 Å². The van der Waals surface area contributed by atoms with Crippen LogP contribution in [-0.4, -0.2) is 32.1 Å². The molecule has 0 unspecified atom stereocenters. The van der Waals surface area contributed by atoms with E-state index < -0.39 is 10.0 Å². The first-order chi connectivity index (χ1) is 14.8. The van der Waals surface area contributed by atoms with Crippen molar-refractivity contribution < 1.29 is 17.9 Å². The molecule has 0 saturated carbocycles. The number of primary sulfonamides is 1. The molecule has 0 radical (unpaired) electrons. The van der Waals surface area contributed by atoms with Crippen LogP contribution in [0.25, 0.3) is 0 Å². The maximum atomic E-state index is 11.4. The van der Waals surface area contributed by atoms with Gasteiger partial charge in [-0.05, 0) is 49.4 Å². The number of hydrogen-bond acceptors (Lipinski definition) is 9. The van der Waals surface area contributed by atoms with Crippen molar-refractivity contribution in [2.75, 3.05) is 19.0 Å². The minimum Gasteiger partial charge on any atom is -0.493 e. The van der Waals surface area contributed by atoms with Crippen molar-refractivity contribution in [2.45, 2.75) is 21.7 Å². The lowest BCUT2D eigenvalue weighted by atomic mass is 10.3. The van der Waals surface area contributed by atoms with E-state index in [0.29, 0.717) is 23.1 Å². The van der Waals surface area contributed by atoms with Crippen molar-refractivity contribution >= 4 is 33.4 Å². The van der Waals surface area contributed by atoms with Gasteiger partial charge in [0.25, 0.3) is 0 Å². The van der Waals surface area contributed by atoms with Crippen molar-refractivity contribution in [1.29, 1.82) is 5.26 Å². The first-order valence-corrected chi connectivity index (χ1v) is 11.3. The number of nitrogens with two attached hydrogens (primary N) is 1. The summed E-state index contributed by atoms with van der Waals surface area (Å²) in [6.07, 6.45) is 1.69. The zero-order chi connectivity index (χ0) is 22.4. The average molecular weight is 458 g/mol. The Balaban J connectivity index is 1.79. The standard InChI is InChI=1S/C20H19N5O4S2/c1-13-12-23-20(24-14-3-6-16(7-4-14)31(22,26)27)25-19(13)30-15-5-8-17(29-10-9-21)18(11-15)28-2/h3-8,11-12H,10H2,1-2H3,(H2,22,26,27)(H,23,24,25). The number of nitrogens with one attached hydrogen (secondary N) is 1. The number of anilines is 2. The molecule has 2 aromatic carbocycles. The molecule has 0 atom stereocenters. The van der Waals surface area contributed by atoms with E-state index in [1.54, 1.807) is 30.5 Å². The summed E-state index contributed by atoms with van der Waals surface area (Å²) in [6, 6.07) is 13.3. The smallest absolute Gasteiger partial charge is 0.238 e. The normalized spacial score (nSPS) is 10.9. The number of ether oxygens (including phenoxy) is 2. The van der Waals surface area contributed by atoms with Crippen LogP contribution in [-0.2, 0) is 10.0 Å². The molecule has 160 valence electrons. The molecule has 3 aromatic rings. The second kappa shape index (κ2) is 9.65. The summed E-state index contributed by atoms with van der Waals surface area (Å²) in [5, 5.41) is 17.6. The maximum Gasteiger partial charge on any atom is 0.238 e. The lowest BCUT2D eigenvalue weighted by Gasteiger charge is -2.12. The van der Waals surface area contributed by atoms with Crippen molar-refractivity contribution in [1.82, 2.24) is 9.97 Å². The van der Waals surface area contributed by atoms with Crippen molar-refractivity contribution in [2.24, 2.45) is 5.14 Å². The molecular formula is C20H19N5O4S2. The summed E-state index contributed by atoms with van der Waals surface area (Å²) in [6.45, 7) is 1.83. The van der Waals surface area contributed by atoms with E-state index in [1.807, 2.05) is 19.1 Å². The summed E-state index contributed by atoms with van der Waals surface area (Å²) in [5.41, 5.74) is 1.50. The maximum absolute atomic E-state index is 11.4. The lowest BCUT2D eigenvalue weighted by molar-refractivity contribution is 0.329. The van der Waals surface area contributed by atoms with Crippen LogP contribution in [0, 0.1) is 18.3 Å². The molecule has 3 N–H and O–H groups in total. The van der Waals surface area contributed by atoms with Gasteiger partial charge >= 0.3 is 0 Å². The van der Waals surface area contributed by atoms with Crippen LogP contribution in [0.1, 0.15) is 5.56 Å². The predicted octanol–water partition coefficient (Wildman–Crippen LogP) is 3.24. The molecular weight excluding hydrogens is 438 g/mol. The lowest BCUT2D eigenvalue weighted by Crippen LogP contribution is -2.11. The Morgan fingerprint density at radius 1 is 1.19 bits per heavy atom. The molecule has 0 aliphatic carbocycles. The highest BCUT2D eigenvalue weighted by Gasteiger charge is 2.11. The molecule has 1 aromatic heterocycles. The Hall–Kier alpha value is -3.33. The van der Waals surface area contributed by atoms with Crippen molar-refractivity contribution in [3.05, 3.63) is 54.2 Å². The monoisotopic (exact) mass is 457 g/mol. The van der Waals surface area contributed by atoms with E-state index in [2.05, 4.69) is 15.3 Å². The van der Waals surface area contributed by atoms with Gasteiger partial charge in [0.2, 0.25) is 16.0 Å². The zero-order valence-electron chi connectivity index (χ0n) is 16.7. The summed E-state index contributed by atoms with van der Waals surface area (Å²) in [4.78, 5) is 9.71. The molecule has 3 rings (SSSR count). The van der Waals surface area contributed by atoms with E-state index in [0.717, 1.165) is 15.5 Å². The van der Waals surface area contributed by atoms with Gasteiger partial charge in [0.05, 0.1) is 12.0 Å². The zero-order valence-corrected chi connectivity index (χ0v) is 18.3. The molecule has 11 heteroatoms. The van der Waals surface area contributed by atoms with Crippen LogP contribution in [0.15, 0.2) is 63.5 Å². The summed E-state index contributed by atoms with van der Waals surface area (Å²) in [7, 11) is -2.22. The predicted molar refractivity (Wildman–Crippen MR) is 116 cm³/mol. The van der Waals surface area contributed by atoms with Crippen LogP contribution in [0.2, 0.25) is 0 Å². The highest BCUT2D eigenvalue weighted by Crippen LogP contribution is 2.36. The van der Waals surface area contributed by atoms with E-state index in [-0.39, 0.29) is 11.5 Å². The molecule has 0 bridgehead atoms. The number of rotatable bonds is 8. The molecule has 0 aliphatic rings. The highest BCUT2D eigenvalue weighted by atomic mass is 32.2. The molecule has 0 fully saturated rings. The molecule has 0 amide bonds. The highest BCUT2D eigenvalue weighted by molar-refractivity contribution is 7.99. The van der Waals surface area contributed by atoms with Gasteiger partial charge in [-0.15, -0.1) is 0 Å². The second-order valence-corrected chi connectivity index (χ2v) is 8.86. The summed E-state index contributed by atoms with van der Waals surface area (Å²) >= 11 is 1.42.